The molecule has 212 valence electrons. The summed E-state index contributed by atoms with van der Waals surface area (Å²) in [7, 11) is 3.62. The van der Waals surface area contributed by atoms with Gasteiger partial charge < -0.3 is 24.8 Å². The lowest BCUT2D eigenvalue weighted by atomic mass is 10.1. The predicted octanol–water partition coefficient (Wildman–Crippen LogP) is 4.22. The van der Waals surface area contributed by atoms with Crippen molar-refractivity contribution in [2.45, 2.75) is 45.7 Å². The highest BCUT2D eigenvalue weighted by Gasteiger charge is 2.34. The largest absolute Gasteiger partial charge is 0.467 e. The van der Waals surface area contributed by atoms with Crippen LogP contribution in [0, 0.1) is 11.7 Å². The summed E-state index contributed by atoms with van der Waals surface area (Å²) in [5.74, 6) is 0.971. The Labute approximate surface area is 233 Å². The summed E-state index contributed by atoms with van der Waals surface area (Å²) in [5.41, 5.74) is 0.166. The monoisotopic (exact) mass is 547 g/mol. The maximum atomic E-state index is 15.9. The van der Waals surface area contributed by atoms with Gasteiger partial charge in [0, 0.05) is 55.9 Å². The van der Waals surface area contributed by atoms with Crippen LogP contribution in [0.5, 0.6) is 6.01 Å². The number of halogens is 1. The summed E-state index contributed by atoms with van der Waals surface area (Å²) >= 11 is 0. The fourth-order valence-corrected chi connectivity index (χ4v) is 5.91. The van der Waals surface area contributed by atoms with E-state index in [1.54, 1.807) is 6.20 Å². The Morgan fingerprint density at radius 2 is 1.73 bits per heavy atom. The number of H-pyrrole nitrogens is 1. The van der Waals surface area contributed by atoms with Gasteiger partial charge in [0.15, 0.2) is 5.82 Å². The molecule has 6 heterocycles. The van der Waals surface area contributed by atoms with Crippen LogP contribution in [0.4, 0.5) is 10.2 Å². The molecule has 7 rings (SSSR count). The summed E-state index contributed by atoms with van der Waals surface area (Å²) < 4.78 is 21.2. The first kappa shape index (κ1) is 27.9. The molecular weight excluding hydrogens is 509 g/mol. The van der Waals surface area contributed by atoms with Crippen molar-refractivity contribution in [1.29, 1.82) is 0 Å². The van der Waals surface area contributed by atoms with Gasteiger partial charge in [0.25, 0.3) is 0 Å². The molecule has 0 amide bonds. The molecule has 3 aliphatic rings. The van der Waals surface area contributed by atoms with Crippen molar-refractivity contribution in [3.8, 4) is 17.4 Å². The number of hydrogen-bond acceptors (Lipinski definition) is 8. The quantitative estimate of drug-likeness (QED) is 0.394. The van der Waals surface area contributed by atoms with Crippen molar-refractivity contribution in [2.75, 3.05) is 45.2 Å². The third kappa shape index (κ3) is 5.51. The number of anilines is 1. The molecule has 10 heteroatoms. The Kier molecular flexibility index (Phi) is 8.27. The third-order valence-corrected chi connectivity index (χ3v) is 7.59. The van der Waals surface area contributed by atoms with Gasteiger partial charge in [-0.1, -0.05) is 45.0 Å². The Hall–Kier alpha value is -3.63. The predicted molar refractivity (Wildman–Crippen MR) is 158 cm³/mol. The van der Waals surface area contributed by atoms with E-state index in [9.17, 15) is 4.79 Å². The minimum absolute atomic E-state index is 0.0403. The first-order valence-corrected chi connectivity index (χ1v) is 14.1. The van der Waals surface area contributed by atoms with Crippen molar-refractivity contribution >= 4 is 27.5 Å². The summed E-state index contributed by atoms with van der Waals surface area (Å²) in [5, 5.41) is 5.53. The minimum Gasteiger partial charge on any atom is -0.467 e. The summed E-state index contributed by atoms with van der Waals surface area (Å²) in [6, 6.07) is 9.68. The molecule has 2 N–H and O–H groups in total. The van der Waals surface area contributed by atoms with E-state index in [0.29, 0.717) is 39.8 Å². The molecule has 2 bridgehead atoms. The standard InChI is InChI=1S/C23H21FN6O2.C5H11N.C2H6/c1-32-23-28-19-16(22(29-23)30-10-13-6-7-14(11-30)26-13)9-25-21(18(19)24)20-15-5-3-2-4-12(15)8-17(31)27-20;1-5-3-6(2)4-5;1-2/h2-5,8-9,13-14,26H,6-7,10-11H2,1H3,(H,27,31);5H,3-4H2,1-2H3;1-2H3. The zero-order chi connectivity index (χ0) is 28.4. The molecule has 3 aromatic heterocycles. The van der Waals surface area contributed by atoms with Crippen LogP contribution in [0.2, 0.25) is 0 Å². The van der Waals surface area contributed by atoms with E-state index in [1.165, 1.54) is 26.3 Å². The lowest BCUT2D eigenvalue weighted by Crippen LogP contribution is -2.51. The molecule has 4 aromatic rings. The SMILES string of the molecule is CC.CC1CN(C)C1.COc1nc(N2CC3CCC(C2)N3)c2cnc(-c3[nH]c(=O)cc4ccccc34)c(F)c2n1. The normalized spacial score (nSPS) is 20.4. The van der Waals surface area contributed by atoms with Gasteiger partial charge in [-0.25, -0.2) is 4.39 Å². The number of ether oxygens (including phenoxy) is 1. The maximum absolute atomic E-state index is 15.9. The van der Waals surface area contributed by atoms with Crippen molar-refractivity contribution in [2.24, 2.45) is 5.92 Å². The number of benzene rings is 1. The molecule has 2 unspecified atom stereocenters. The van der Waals surface area contributed by atoms with Gasteiger partial charge in [0.2, 0.25) is 5.56 Å². The summed E-state index contributed by atoms with van der Waals surface area (Å²) in [4.78, 5) is 32.7. The van der Waals surface area contributed by atoms with E-state index in [-0.39, 0.29) is 22.8 Å². The van der Waals surface area contributed by atoms with Gasteiger partial charge in [0.1, 0.15) is 17.0 Å². The summed E-state index contributed by atoms with van der Waals surface area (Å²) in [6.07, 6.45) is 3.82. The number of nitrogens with zero attached hydrogens (tertiary/aromatic N) is 5. The van der Waals surface area contributed by atoms with Gasteiger partial charge in [-0.05, 0) is 31.2 Å². The van der Waals surface area contributed by atoms with Crippen molar-refractivity contribution in [3.63, 3.8) is 0 Å². The van der Waals surface area contributed by atoms with Crippen LogP contribution in [0.25, 0.3) is 33.1 Å². The molecule has 3 fully saturated rings. The topological polar surface area (TPSA) is 99.3 Å². The number of rotatable bonds is 3. The average Bonchev–Trinajstić information content (AvgIpc) is 3.30. The number of fused-ring (bicyclic) bond motifs is 4. The van der Waals surface area contributed by atoms with Crippen LogP contribution in [-0.2, 0) is 0 Å². The highest BCUT2D eigenvalue weighted by Crippen LogP contribution is 2.34. The fraction of sp³-hybridized carbons (Fsp3) is 0.467. The first-order chi connectivity index (χ1) is 19.4. The number of hydrogen-bond donors (Lipinski definition) is 2. The Morgan fingerprint density at radius 1 is 1.02 bits per heavy atom. The molecule has 3 aliphatic heterocycles. The highest BCUT2D eigenvalue weighted by molar-refractivity contribution is 5.97. The van der Waals surface area contributed by atoms with Crippen molar-refractivity contribution in [1.82, 2.24) is 30.2 Å². The van der Waals surface area contributed by atoms with Gasteiger partial charge in [-0.15, -0.1) is 0 Å². The van der Waals surface area contributed by atoms with Crippen LogP contribution in [0.15, 0.2) is 41.3 Å². The Morgan fingerprint density at radius 3 is 2.35 bits per heavy atom. The zero-order valence-electron chi connectivity index (χ0n) is 23.9. The molecule has 40 heavy (non-hydrogen) atoms. The first-order valence-electron chi connectivity index (χ1n) is 14.1. The number of pyridine rings is 2. The average molecular weight is 548 g/mol. The van der Waals surface area contributed by atoms with Crippen LogP contribution >= 0.6 is 0 Å². The smallest absolute Gasteiger partial charge is 0.318 e. The second kappa shape index (κ2) is 11.9. The highest BCUT2D eigenvalue weighted by atomic mass is 19.1. The number of aromatic amines is 1. The van der Waals surface area contributed by atoms with E-state index in [2.05, 4.69) is 49.0 Å². The fourth-order valence-electron chi connectivity index (χ4n) is 5.91. The van der Waals surface area contributed by atoms with Crippen molar-refractivity contribution < 1.29 is 9.13 Å². The van der Waals surface area contributed by atoms with Gasteiger partial charge in [-0.3, -0.25) is 9.78 Å². The van der Waals surface area contributed by atoms with Crippen LogP contribution in [-0.4, -0.2) is 77.3 Å². The molecule has 0 spiro atoms. The maximum Gasteiger partial charge on any atom is 0.318 e. The number of likely N-dealkylation sites (tertiary alicyclic amines) is 1. The lowest BCUT2D eigenvalue weighted by Gasteiger charge is -2.34. The van der Waals surface area contributed by atoms with Crippen molar-refractivity contribution in [3.05, 3.63) is 52.7 Å². The van der Waals surface area contributed by atoms with Gasteiger partial charge >= 0.3 is 6.01 Å². The number of nitrogens with one attached hydrogen (secondary N) is 2. The molecule has 0 saturated carbocycles. The van der Waals surface area contributed by atoms with E-state index in [1.807, 2.05) is 38.1 Å². The second-order valence-electron chi connectivity index (χ2n) is 10.7. The molecule has 9 nitrogen and oxygen atoms in total. The van der Waals surface area contributed by atoms with Gasteiger partial charge in [0.05, 0.1) is 18.2 Å². The molecule has 0 radical (unpaired) electrons. The molecule has 1 aromatic carbocycles. The molecule has 0 aliphatic carbocycles. The van der Waals surface area contributed by atoms with Gasteiger partial charge in [-0.2, -0.15) is 9.97 Å². The summed E-state index contributed by atoms with van der Waals surface area (Å²) in [6.45, 7) is 10.5. The van der Waals surface area contributed by atoms with E-state index in [0.717, 1.165) is 31.8 Å². The number of methoxy groups -OCH3 is 1. The third-order valence-electron chi connectivity index (χ3n) is 7.59. The van der Waals surface area contributed by atoms with E-state index >= 15 is 4.39 Å². The minimum atomic E-state index is -0.616. The molecule has 3 saturated heterocycles. The number of aromatic nitrogens is 4. The van der Waals surface area contributed by atoms with Crippen LogP contribution in [0.1, 0.15) is 33.6 Å². The van der Waals surface area contributed by atoms with E-state index < -0.39 is 5.82 Å². The second-order valence-corrected chi connectivity index (χ2v) is 10.7. The Balaban J connectivity index is 0.000000354. The van der Waals surface area contributed by atoms with Crippen LogP contribution in [0.3, 0.4) is 0 Å². The molecular formula is C30H38FN7O2. The van der Waals surface area contributed by atoms with E-state index in [4.69, 9.17) is 4.74 Å². The Bertz CT molecular complexity index is 1530. The number of piperazine rings is 1. The van der Waals surface area contributed by atoms with Crippen LogP contribution < -0.4 is 20.5 Å². The molecule has 2 atom stereocenters. The zero-order valence-corrected chi connectivity index (χ0v) is 23.9. The lowest BCUT2D eigenvalue weighted by molar-refractivity contribution is 0.149.